The van der Waals surface area contributed by atoms with Crippen LogP contribution in [0.1, 0.15) is 12.2 Å². The zero-order valence-electron chi connectivity index (χ0n) is 13.6. The Balaban J connectivity index is 1.70. The highest BCUT2D eigenvalue weighted by atomic mass is 16.5. The third kappa shape index (κ3) is 2.77. The van der Waals surface area contributed by atoms with Gasteiger partial charge in [-0.1, -0.05) is 35.5 Å². The summed E-state index contributed by atoms with van der Waals surface area (Å²) in [6.07, 6.45) is 0.587. The summed E-state index contributed by atoms with van der Waals surface area (Å²) in [6, 6.07) is 14.1. The summed E-state index contributed by atoms with van der Waals surface area (Å²) >= 11 is 0. The second-order valence-corrected chi connectivity index (χ2v) is 6.22. The van der Waals surface area contributed by atoms with Crippen molar-refractivity contribution in [2.75, 3.05) is 20.2 Å². The molecule has 1 fully saturated rings. The quantitative estimate of drug-likeness (QED) is 0.799. The van der Waals surface area contributed by atoms with Gasteiger partial charge in [0.1, 0.15) is 11.4 Å². The minimum atomic E-state index is -0.231. The van der Waals surface area contributed by atoms with Gasteiger partial charge in [0.2, 0.25) is 0 Å². The molecule has 124 valence electrons. The van der Waals surface area contributed by atoms with Crippen molar-refractivity contribution in [2.24, 2.45) is 0 Å². The Morgan fingerprint density at radius 1 is 1.29 bits per heavy atom. The maximum atomic E-state index is 9.64. The van der Waals surface area contributed by atoms with Crippen LogP contribution in [0, 0.1) is 0 Å². The predicted octanol–water partition coefficient (Wildman–Crippen LogP) is 3.07. The first-order valence-corrected chi connectivity index (χ1v) is 8.16. The lowest BCUT2D eigenvalue weighted by Crippen LogP contribution is -2.21. The third-order valence-electron chi connectivity index (χ3n) is 4.55. The van der Waals surface area contributed by atoms with E-state index in [2.05, 4.69) is 22.2 Å². The molecule has 0 bridgehead atoms. The van der Waals surface area contributed by atoms with Crippen LogP contribution in [0.15, 0.2) is 47.0 Å². The number of hydrogen-bond donors (Lipinski definition) is 1. The smallest absolute Gasteiger partial charge is 0.151 e. The van der Waals surface area contributed by atoms with Gasteiger partial charge in [-0.3, -0.25) is 4.90 Å². The first kappa shape index (κ1) is 15.2. The van der Waals surface area contributed by atoms with Crippen LogP contribution in [0.2, 0.25) is 0 Å². The molecule has 2 heterocycles. The van der Waals surface area contributed by atoms with E-state index in [1.165, 1.54) is 0 Å². The van der Waals surface area contributed by atoms with Crippen molar-refractivity contribution in [3.05, 3.63) is 48.2 Å². The minimum absolute atomic E-state index is 0.231. The number of β-amino-alcohol motifs (C(OH)–C–C–N with tert-alkyl or cyclic N) is 1. The van der Waals surface area contributed by atoms with E-state index in [1.807, 2.05) is 30.3 Å². The molecule has 1 aromatic heterocycles. The van der Waals surface area contributed by atoms with Crippen LogP contribution in [0.5, 0.6) is 5.75 Å². The lowest BCUT2D eigenvalue weighted by molar-refractivity contribution is 0.170. The van der Waals surface area contributed by atoms with Crippen LogP contribution in [0.4, 0.5) is 0 Å². The van der Waals surface area contributed by atoms with E-state index in [4.69, 9.17) is 9.26 Å². The molecule has 0 radical (unpaired) electrons. The van der Waals surface area contributed by atoms with E-state index >= 15 is 0 Å². The molecule has 0 saturated carbocycles. The summed E-state index contributed by atoms with van der Waals surface area (Å²) in [5.74, 6) is 1.58. The van der Waals surface area contributed by atoms with Crippen LogP contribution in [-0.2, 0) is 6.54 Å². The van der Waals surface area contributed by atoms with Gasteiger partial charge in [-0.2, -0.15) is 0 Å². The highest BCUT2D eigenvalue weighted by molar-refractivity contribution is 5.98. The van der Waals surface area contributed by atoms with E-state index in [1.54, 1.807) is 7.11 Å². The Labute approximate surface area is 140 Å². The number of ether oxygens (including phenoxy) is 1. The summed E-state index contributed by atoms with van der Waals surface area (Å²) in [7, 11) is 1.67. The summed E-state index contributed by atoms with van der Waals surface area (Å²) in [5, 5.41) is 16.1. The van der Waals surface area contributed by atoms with E-state index in [0.717, 1.165) is 46.5 Å². The number of aliphatic hydroxyl groups is 1. The molecule has 0 unspecified atom stereocenters. The van der Waals surface area contributed by atoms with Gasteiger partial charge in [-0.15, -0.1) is 0 Å². The third-order valence-corrected chi connectivity index (χ3v) is 4.55. The maximum Gasteiger partial charge on any atom is 0.151 e. The van der Waals surface area contributed by atoms with Crippen molar-refractivity contribution in [3.8, 4) is 17.0 Å². The maximum absolute atomic E-state index is 9.64. The molecule has 1 saturated heterocycles. The molecule has 1 atom stereocenters. The number of methoxy groups -OCH3 is 1. The number of rotatable bonds is 4. The van der Waals surface area contributed by atoms with Crippen LogP contribution in [-0.4, -0.2) is 41.5 Å². The summed E-state index contributed by atoms with van der Waals surface area (Å²) in [5.41, 5.74) is 1.73. The van der Waals surface area contributed by atoms with Crippen LogP contribution < -0.4 is 4.74 Å². The fraction of sp³-hybridized carbons (Fsp3) is 0.316. The van der Waals surface area contributed by atoms with Gasteiger partial charge >= 0.3 is 0 Å². The topological polar surface area (TPSA) is 58.7 Å². The summed E-state index contributed by atoms with van der Waals surface area (Å²) < 4.78 is 11.1. The highest BCUT2D eigenvalue weighted by Gasteiger charge is 2.22. The van der Waals surface area contributed by atoms with Gasteiger partial charge in [0.25, 0.3) is 0 Å². The van der Waals surface area contributed by atoms with Gasteiger partial charge < -0.3 is 14.4 Å². The Hall–Kier alpha value is -2.37. The standard InChI is InChI=1S/C19H20N2O3/c1-23-18-7-6-13-4-2-3-5-16(13)19(18)17-10-15(24-20-17)12-21-9-8-14(22)11-21/h2-7,10,14,22H,8-9,11-12H2,1H3/t14-/m0/s1. The summed E-state index contributed by atoms with van der Waals surface area (Å²) in [6.45, 7) is 2.24. The molecule has 24 heavy (non-hydrogen) atoms. The van der Waals surface area contributed by atoms with Crippen molar-refractivity contribution >= 4 is 10.8 Å². The van der Waals surface area contributed by atoms with Crippen molar-refractivity contribution in [1.82, 2.24) is 10.1 Å². The molecule has 1 aliphatic rings. The summed E-state index contributed by atoms with van der Waals surface area (Å²) in [4.78, 5) is 2.18. The molecule has 5 heteroatoms. The van der Waals surface area contributed by atoms with Crippen molar-refractivity contribution in [3.63, 3.8) is 0 Å². The highest BCUT2D eigenvalue weighted by Crippen LogP contribution is 2.36. The fourth-order valence-electron chi connectivity index (χ4n) is 3.37. The number of fused-ring (bicyclic) bond motifs is 1. The van der Waals surface area contributed by atoms with Crippen LogP contribution >= 0.6 is 0 Å². The Bertz CT molecular complexity index is 859. The number of hydrogen-bond acceptors (Lipinski definition) is 5. The van der Waals surface area contributed by atoms with Crippen LogP contribution in [0.25, 0.3) is 22.0 Å². The molecule has 5 nitrogen and oxygen atoms in total. The SMILES string of the molecule is COc1ccc2ccccc2c1-c1cc(CN2CC[C@H](O)C2)on1. The molecule has 0 spiro atoms. The first-order chi connectivity index (χ1) is 11.7. The molecule has 0 aliphatic carbocycles. The molecule has 3 aromatic rings. The monoisotopic (exact) mass is 324 g/mol. The average molecular weight is 324 g/mol. The largest absolute Gasteiger partial charge is 0.496 e. The van der Waals surface area contributed by atoms with Crippen molar-refractivity contribution in [1.29, 1.82) is 0 Å². The zero-order chi connectivity index (χ0) is 16.5. The average Bonchev–Trinajstić information content (AvgIpc) is 3.23. The fourth-order valence-corrected chi connectivity index (χ4v) is 3.37. The molecule has 4 rings (SSSR count). The van der Waals surface area contributed by atoms with Gasteiger partial charge in [-0.05, 0) is 23.3 Å². The minimum Gasteiger partial charge on any atom is -0.496 e. The van der Waals surface area contributed by atoms with Gasteiger partial charge in [0, 0.05) is 19.2 Å². The molecule has 1 N–H and O–H groups in total. The first-order valence-electron chi connectivity index (χ1n) is 8.16. The van der Waals surface area contributed by atoms with Gasteiger partial charge in [-0.25, -0.2) is 0 Å². The number of benzene rings is 2. The lowest BCUT2D eigenvalue weighted by Gasteiger charge is -2.11. The van der Waals surface area contributed by atoms with E-state index in [-0.39, 0.29) is 6.10 Å². The second kappa shape index (κ2) is 6.26. The van der Waals surface area contributed by atoms with E-state index in [0.29, 0.717) is 13.1 Å². The normalized spacial score (nSPS) is 18.3. The van der Waals surface area contributed by atoms with Gasteiger partial charge in [0.05, 0.1) is 25.3 Å². The lowest BCUT2D eigenvalue weighted by atomic mass is 10.0. The Morgan fingerprint density at radius 3 is 2.96 bits per heavy atom. The molecular weight excluding hydrogens is 304 g/mol. The molecule has 0 amide bonds. The molecule has 2 aromatic carbocycles. The molecule has 1 aliphatic heterocycles. The van der Waals surface area contributed by atoms with Crippen LogP contribution in [0.3, 0.4) is 0 Å². The van der Waals surface area contributed by atoms with Crippen molar-refractivity contribution < 1.29 is 14.4 Å². The molecular formula is C19H20N2O3. The van der Waals surface area contributed by atoms with Crippen molar-refractivity contribution in [2.45, 2.75) is 19.1 Å². The Morgan fingerprint density at radius 2 is 2.17 bits per heavy atom. The Kier molecular flexibility index (Phi) is 3.96. The van der Waals surface area contributed by atoms with Gasteiger partial charge in [0.15, 0.2) is 5.76 Å². The van der Waals surface area contributed by atoms with E-state index in [9.17, 15) is 5.11 Å². The predicted molar refractivity (Wildman–Crippen MR) is 91.9 cm³/mol. The zero-order valence-corrected chi connectivity index (χ0v) is 13.6. The number of nitrogens with zero attached hydrogens (tertiary/aromatic N) is 2. The number of aliphatic hydroxyl groups excluding tert-OH is 1. The van der Waals surface area contributed by atoms with E-state index < -0.39 is 0 Å². The number of likely N-dealkylation sites (tertiary alicyclic amines) is 1. The number of aromatic nitrogens is 1. The second-order valence-electron chi connectivity index (χ2n) is 6.22.